The minimum atomic E-state index is -0.407. The summed E-state index contributed by atoms with van der Waals surface area (Å²) in [5.41, 5.74) is 0.670. The van der Waals surface area contributed by atoms with Crippen molar-refractivity contribution in [2.45, 2.75) is 39.2 Å². The van der Waals surface area contributed by atoms with Crippen LogP contribution >= 0.6 is 15.9 Å². The molecule has 16 heavy (non-hydrogen) atoms. The molecule has 4 heteroatoms. The Morgan fingerprint density at radius 2 is 2.19 bits per heavy atom. The lowest BCUT2D eigenvalue weighted by Crippen LogP contribution is -2.24. The van der Waals surface area contributed by atoms with Crippen molar-refractivity contribution in [3.8, 4) is 0 Å². The Hall–Kier alpha value is -0.900. The first-order valence-corrected chi connectivity index (χ1v) is 5.98. The van der Waals surface area contributed by atoms with Gasteiger partial charge in [-0.05, 0) is 60.8 Å². The fourth-order valence-corrected chi connectivity index (χ4v) is 1.65. The summed E-state index contributed by atoms with van der Waals surface area (Å²) in [5, 5.41) is 0. The van der Waals surface area contributed by atoms with Crippen molar-refractivity contribution in [2.75, 3.05) is 0 Å². The van der Waals surface area contributed by atoms with E-state index in [1.54, 1.807) is 6.20 Å². The monoisotopic (exact) mass is 285 g/mol. The molecular weight excluding hydrogens is 270 g/mol. The molecule has 0 amide bonds. The van der Waals surface area contributed by atoms with Gasteiger partial charge in [0.2, 0.25) is 0 Å². The van der Waals surface area contributed by atoms with Crippen LogP contribution in [0.4, 0.5) is 0 Å². The molecule has 1 heterocycles. The van der Waals surface area contributed by atoms with Gasteiger partial charge < -0.3 is 4.74 Å². The third kappa shape index (κ3) is 5.26. The number of halogens is 1. The molecule has 0 aliphatic rings. The van der Waals surface area contributed by atoms with Crippen LogP contribution in [0.1, 0.15) is 32.8 Å². The van der Waals surface area contributed by atoms with E-state index in [1.807, 2.05) is 32.9 Å². The molecule has 0 atom stereocenters. The molecule has 1 aromatic heterocycles. The lowest BCUT2D eigenvalue weighted by molar-refractivity contribution is -0.154. The largest absolute Gasteiger partial charge is 0.460 e. The smallest absolute Gasteiger partial charge is 0.306 e. The summed E-state index contributed by atoms with van der Waals surface area (Å²) in [6.45, 7) is 5.61. The molecule has 0 radical (unpaired) electrons. The van der Waals surface area contributed by atoms with Crippen LogP contribution in [0.15, 0.2) is 22.9 Å². The van der Waals surface area contributed by atoms with E-state index in [0.29, 0.717) is 12.8 Å². The third-order valence-corrected chi connectivity index (χ3v) is 2.26. The van der Waals surface area contributed by atoms with Crippen LogP contribution in [0.5, 0.6) is 0 Å². The maximum atomic E-state index is 11.5. The number of esters is 1. The predicted octanol–water partition coefficient (Wildman–Crippen LogP) is 3.12. The molecule has 0 spiro atoms. The van der Waals surface area contributed by atoms with E-state index in [9.17, 15) is 4.79 Å². The molecule has 0 aliphatic heterocycles. The molecule has 0 saturated carbocycles. The van der Waals surface area contributed by atoms with Gasteiger partial charge in [-0.2, -0.15) is 0 Å². The van der Waals surface area contributed by atoms with Crippen LogP contribution in [-0.2, 0) is 16.0 Å². The average Bonchev–Trinajstić information content (AvgIpc) is 2.12. The van der Waals surface area contributed by atoms with Crippen LogP contribution in [0.3, 0.4) is 0 Å². The number of pyridine rings is 1. The summed E-state index contributed by atoms with van der Waals surface area (Å²) in [7, 11) is 0. The molecule has 0 aliphatic carbocycles. The normalized spacial score (nSPS) is 11.2. The molecule has 88 valence electrons. The zero-order valence-electron chi connectivity index (χ0n) is 9.79. The van der Waals surface area contributed by atoms with E-state index < -0.39 is 5.60 Å². The van der Waals surface area contributed by atoms with Crippen molar-refractivity contribution in [1.82, 2.24) is 4.98 Å². The molecule has 0 bridgehead atoms. The second-order valence-corrected chi connectivity index (χ2v) is 5.39. The number of nitrogens with zero attached hydrogens (tertiary/aromatic N) is 1. The summed E-state index contributed by atoms with van der Waals surface area (Å²) < 4.78 is 6.01. The second-order valence-electron chi connectivity index (χ2n) is 4.57. The first kappa shape index (κ1) is 13.2. The Labute approximate surface area is 104 Å². The number of hydrogen-bond donors (Lipinski definition) is 0. The molecule has 1 rings (SSSR count). The molecule has 3 nitrogen and oxygen atoms in total. The van der Waals surface area contributed by atoms with Gasteiger partial charge in [-0.1, -0.05) is 0 Å². The van der Waals surface area contributed by atoms with Crippen LogP contribution in [0.25, 0.3) is 0 Å². The quantitative estimate of drug-likeness (QED) is 0.633. The van der Waals surface area contributed by atoms with Crippen molar-refractivity contribution in [2.24, 2.45) is 0 Å². The molecule has 0 unspecified atom stereocenters. The van der Waals surface area contributed by atoms with Crippen molar-refractivity contribution in [3.05, 3.63) is 28.5 Å². The summed E-state index contributed by atoms with van der Waals surface area (Å²) in [6.07, 6.45) is 2.79. The van der Waals surface area contributed by atoms with Gasteiger partial charge in [0.05, 0.1) is 0 Å². The highest BCUT2D eigenvalue weighted by Crippen LogP contribution is 2.12. The van der Waals surface area contributed by atoms with Crippen LogP contribution in [0.2, 0.25) is 0 Å². The van der Waals surface area contributed by atoms with E-state index >= 15 is 0 Å². The van der Waals surface area contributed by atoms with Crippen molar-refractivity contribution in [1.29, 1.82) is 0 Å². The van der Waals surface area contributed by atoms with Crippen molar-refractivity contribution >= 4 is 21.9 Å². The minimum absolute atomic E-state index is 0.166. The van der Waals surface area contributed by atoms with Crippen LogP contribution in [-0.4, -0.2) is 16.6 Å². The van der Waals surface area contributed by atoms with E-state index in [0.717, 1.165) is 10.2 Å². The molecule has 1 aromatic rings. The van der Waals surface area contributed by atoms with Gasteiger partial charge in [0.15, 0.2) is 0 Å². The maximum absolute atomic E-state index is 11.5. The molecule has 0 fully saturated rings. The molecule has 0 aromatic carbocycles. The van der Waals surface area contributed by atoms with Gasteiger partial charge in [0.25, 0.3) is 0 Å². The van der Waals surface area contributed by atoms with E-state index in [-0.39, 0.29) is 5.97 Å². The minimum Gasteiger partial charge on any atom is -0.460 e. The lowest BCUT2D eigenvalue weighted by atomic mass is 10.1. The number of hydrogen-bond acceptors (Lipinski definition) is 3. The van der Waals surface area contributed by atoms with Gasteiger partial charge in [0.1, 0.15) is 10.2 Å². The maximum Gasteiger partial charge on any atom is 0.306 e. The first-order valence-electron chi connectivity index (χ1n) is 5.19. The lowest BCUT2D eigenvalue weighted by Gasteiger charge is -2.19. The van der Waals surface area contributed by atoms with Gasteiger partial charge in [-0.15, -0.1) is 0 Å². The van der Waals surface area contributed by atoms with Gasteiger partial charge in [-0.25, -0.2) is 4.98 Å². The topological polar surface area (TPSA) is 39.2 Å². The average molecular weight is 286 g/mol. The summed E-state index contributed by atoms with van der Waals surface area (Å²) in [6, 6.07) is 3.81. The Bertz CT molecular complexity index is 372. The van der Waals surface area contributed by atoms with Gasteiger partial charge in [-0.3, -0.25) is 4.79 Å². The zero-order valence-corrected chi connectivity index (χ0v) is 11.4. The number of ether oxygens (including phenoxy) is 1. The Kier molecular flexibility index (Phi) is 4.47. The van der Waals surface area contributed by atoms with Crippen molar-refractivity contribution < 1.29 is 9.53 Å². The number of carbonyl (C=O) groups is 1. The van der Waals surface area contributed by atoms with E-state index in [4.69, 9.17) is 4.74 Å². The fourth-order valence-electron chi connectivity index (χ4n) is 1.24. The SMILES string of the molecule is CC(C)(C)OC(=O)CCc1ccnc(Br)c1. The Morgan fingerprint density at radius 3 is 2.75 bits per heavy atom. The second kappa shape index (κ2) is 5.43. The van der Waals surface area contributed by atoms with Gasteiger partial charge in [0, 0.05) is 12.6 Å². The highest BCUT2D eigenvalue weighted by Gasteiger charge is 2.15. The predicted molar refractivity (Wildman–Crippen MR) is 66.1 cm³/mol. The first-order chi connectivity index (χ1) is 7.37. The summed E-state index contributed by atoms with van der Waals surface area (Å²) in [5.74, 6) is -0.166. The van der Waals surface area contributed by atoms with Gasteiger partial charge >= 0.3 is 5.97 Å². The number of rotatable bonds is 3. The standard InChI is InChI=1S/C12H16BrNO2/c1-12(2,3)16-11(15)5-4-9-6-7-14-10(13)8-9/h6-8H,4-5H2,1-3H3. The highest BCUT2D eigenvalue weighted by atomic mass is 79.9. The molecule has 0 saturated heterocycles. The van der Waals surface area contributed by atoms with Crippen LogP contribution in [0, 0.1) is 0 Å². The van der Waals surface area contributed by atoms with E-state index in [2.05, 4.69) is 20.9 Å². The zero-order chi connectivity index (χ0) is 12.2. The number of carbonyl (C=O) groups excluding carboxylic acids is 1. The summed E-state index contributed by atoms with van der Waals surface area (Å²) in [4.78, 5) is 15.5. The van der Waals surface area contributed by atoms with Crippen molar-refractivity contribution in [3.63, 3.8) is 0 Å². The number of aromatic nitrogens is 1. The van der Waals surface area contributed by atoms with E-state index in [1.165, 1.54) is 0 Å². The Balaban J connectivity index is 2.43. The Morgan fingerprint density at radius 1 is 1.50 bits per heavy atom. The molecule has 0 N–H and O–H groups in total. The number of aryl methyl sites for hydroxylation is 1. The molecular formula is C12H16BrNO2. The van der Waals surface area contributed by atoms with Crippen LogP contribution < -0.4 is 0 Å². The fraction of sp³-hybridized carbons (Fsp3) is 0.500. The third-order valence-electron chi connectivity index (χ3n) is 1.83. The highest BCUT2D eigenvalue weighted by molar-refractivity contribution is 9.10. The summed E-state index contributed by atoms with van der Waals surface area (Å²) >= 11 is 3.29.